The molecule has 70 valence electrons. The molecule has 1 spiro atoms. The van der Waals surface area contributed by atoms with Gasteiger partial charge in [0.15, 0.2) is 0 Å². The smallest absolute Gasteiger partial charge is 0.209 e. The van der Waals surface area contributed by atoms with E-state index in [0.29, 0.717) is 19.3 Å². The van der Waals surface area contributed by atoms with Crippen molar-refractivity contribution < 1.29 is 12.8 Å². The lowest BCUT2D eigenvalue weighted by Gasteiger charge is -2.34. The fourth-order valence-corrected chi connectivity index (χ4v) is 3.15. The number of primary sulfonamides is 1. The Labute approximate surface area is 71.2 Å². The summed E-state index contributed by atoms with van der Waals surface area (Å²) in [6.45, 7) is 0. The van der Waals surface area contributed by atoms with E-state index < -0.39 is 16.2 Å². The van der Waals surface area contributed by atoms with E-state index in [-0.39, 0.29) is 17.1 Å². The SMILES string of the molecule is NS(=O)(=O)CC1CC2(C1)CC2F. The third-order valence-corrected chi connectivity index (χ3v) is 3.88. The number of rotatable bonds is 2. The van der Waals surface area contributed by atoms with Crippen molar-refractivity contribution in [1.82, 2.24) is 0 Å². The molecule has 2 aliphatic carbocycles. The maximum atomic E-state index is 12.6. The van der Waals surface area contributed by atoms with Crippen LogP contribution in [0.4, 0.5) is 4.39 Å². The van der Waals surface area contributed by atoms with E-state index in [9.17, 15) is 12.8 Å². The van der Waals surface area contributed by atoms with Gasteiger partial charge in [-0.3, -0.25) is 0 Å². The molecular weight excluding hydrogens is 181 g/mol. The summed E-state index contributed by atoms with van der Waals surface area (Å²) >= 11 is 0. The Hall–Kier alpha value is -0.160. The number of hydrogen-bond donors (Lipinski definition) is 1. The second-order valence-electron chi connectivity index (χ2n) is 4.14. The fraction of sp³-hybridized carbons (Fsp3) is 1.00. The van der Waals surface area contributed by atoms with Crippen LogP contribution >= 0.6 is 0 Å². The maximum Gasteiger partial charge on any atom is 0.209 e. The average molecular weight is 193 g/mol. The summed E-state index contributed by atoms with van der Waals surface area (Å²) in [6, 6.07) is 0. The van der Waals surface area contributed by atoms with Gasteiger partial charge in [-0.05, 0) is 25.2 Å². The predicted molar refractivity (Wildman–Crippen MR) is 42.6 cm³/mol. The summed E-state index contributed by atoms with van der Waals surface area (Å²) in [4.78, 5) is 0. The Morgan fingerprint density at radius 2 is 1.92 bits per heavy atom. The largest absolute Gasteiger partial charge is 0.247 e. The zero-order chi connectivity index (χ0) is 8.98. The minimum absolute atomic E-state index is 0.0292. The third-order valence-electron chi connectivity index (χ3n) is 2.95. The molecule has 2 fully saturated rings. The van der Waals surface area contributed by atoms with E-state index in [1.807, 2.05) is 0 Å². The van der Waals surface area contributed by atoms with Crippen LogP contribution in [0.2, 0.25) is 0 Å². The number of halogens is 1. The molecule has 2 rings (SSSR count). The van der Waals surface area contributed by atoms with Gasteiger partial charge in [-0.2, -0.15) is 0 Å². The Morgan fingerprint density at radius 1 is 1.42 bits per heavy atom. The van der Waals surface area contributed by atoms with Gasteiger partial charge in [-0.1, -0.05) is 0 Å². The van der Waals surface area contributed by atoms with Crippen LogP contribution in [0.3, 0.4) is 0 Å². The van der Waals surface area contributed by atoms with Gasteiger partial charge in [0.2, 0.25) is 10.0 Å². The van der Waals surface area contributed by atoms with Crippen LogP contribution < -0.4 is 5.14 Å². The van der Waals surface area contributed by atoms with Crippen molar-refractivity contribution in [2.24, 2.45) is 16.5 Å². The highest BCUT2D eigenvalue weighted by molar-refractivity contribution is 7.89. The highest BCUT2D eigenvalue weighted by Gasteiger charge is 2.62. The molecule has 0 aromatic heterocycles. The van der Waals surface area contributed by atoms with Crippen LogP contribution in [-0.2, 0) is 10.0 Å². The maximum absolute atomic E-state index is 12.6. The summed E-state index contributed by atoms with van der Waals surface area (Å²) in [5.41, 5.74) is -0.116. The summed E-state index contributed by atoms with van der Waals surface area (Å²) in [6.07, 6.45) is 1.39. The van der Waals surface area contributed by atoms with Crippen molar-refractivity contribution in [2.75, 3.05) is 5.75 Å². The molecule has 0 aromatic rings. The first-order valence-electron chi connectivity index (χ1n) is 4.06. The van der Waals surface area contributed by atoms with Crippen molar-refractivity contribution >= 4 is 10.0 Å². The monoisotopic (exact) mass is 193 g/mol. The van der Waals surface area contributed by atoms with Gasteiger partial charge in [-0.15, -0.1) is 0 Å². The molecule has 3 nitrogen and oxygen atoms in total. The lowest BCUT2D eigenvalue weighted by molar-refractivity contribution is 0.152. The standard InChI is InChI=1S/C7H12FNO2S/c8-6-3-7(6)1-5(2-7)4-12(9,10)11/h5-6H,1-4H2,(H2,9,10,11). The molecule has 5 heteroatoms. The number of nitrogens with two attached hydrogens (primary N) is 1. The predicted octanol–water partition coefficient (Wildman–Crippen LogP) is 0.413. The third kappa shape index (κ3) is 1.35. The molecule has 0 bridgehead atoms. The van der Waals surface area contributed by atoms with Crippen molar-refractivity contribution in [2.45, 2.75) is 25.4 Å². The first-order chi connectivity index (χ1) is 5.41. The lowest BCUT2D eigenvalue weighted by atomic mass is 9.73. The van der Waals surface area contributed by atoms with Crippen LogP contribution in [0.5, 0.6) is 0 Å². The topological polar surface area (TPSA) is 60.2 Å². The molecule has 0 aliphatic heterocycles. The molecule has 1 unspecified atom stereocenters. The Balaban J connectivity index is 1.83. The van der Waals surface area contributed by atoms with Crippen molar-refractivity contribution in [1.29, 1.82) is 0 Å². The van der Waals surface area contributed by atoms with Crippen LogP contribution in [0.25, 0.3) is 0 Å². The van der Waals surface area contributed by atoms with Crippen LogP contribution in [-0.4, -0.2) is 20.3 Å². The molecule has 0 aromatic carbocycles. The van der Waals surface area contributed by atoms with E-state index in [1.165, 1.54) is 0 Å². The van der Waals surface area contributed by atoms with Gasteiger partial charge in [-0.25, -0.2) is 17.9 Å². The summed E-state index contributed by atoms with van der Waals surface area (Å²) in [5, 5.41) is 4.87. The summed E-state index contributed by atoms with van der Waals surface area (Å²) in [5.74, 6) is 0.141. The first-order valence-corrected chi connectivity index (χ1v) is 5.77. The highest BCUT2D eigenvalue weighted by Crippen LogP contribution is 2.64. The van der Waals surface area contributed by atoms with E-state index in [4.69, 9.17) is 5.14 Å². The highest BCUT2D eigenvalue weighted by atomic mass is 32.2. The van der Waals surface area contributed by atoms with Gasteiger partial charge in [0.05, 0.1) is 5.75 Å². The number of alkyl halides is 1. The molecule has 0 amide bonds. The van der Waals surface area contributed by atoms with Crippen LogP contribution in [0.1, 0.15) is 19.3 Å². The number of hydrogen-bond acceptors (Lipinski definition) is 2. The molecule has 0 heterocycles. The molecule has 2 saturated carbocycles. The quantitative estimate of drug-likeness (QED) is 0.690. The van der Waals surface area contributed by atoms with Crippen molar-refractivity contribution in [3.63, 3.8) is 0 Å². The molecule has 12 heavy (non-hydrogen) atoms. The minimum atomic E-state index is -3.35. The first kappa shape index (κ1) is 8.44. The normalized spacial score (nSPS) is 45.8. The summed E-state index contributed by atoms with van der Waals surface area (Å²) < 4.78 is 33.9. The fourth-order valence-electron chi connectivity index (χ4n) is 2.26. The molecular formula is C7H12FNO2S. The Kier molecular flexibility index (Phi) is 1.55. The van der Waals surface area contributed by atoms with Gasteiger partial charge in [0, 0.05) is 5.41 Å². The zero-order valence-corrected chi connectivity index (χ0v) is 7.48. The van der Waals surface area contributed by atoms with E-state index in [0.717, 1.165) is 0 Å². The van der Waals surface area contributed by atoms with Gasteiger partial charge >= 0.3 is 0 Å². The van der Waals surface area contributed by atoms with Gasteiger partial charge in [0.25, 0.3) is 0 Å². The van der Waals surface area contributed by atoms with Crippen molar-refractivity contribution in [3.05, 3.63) is 0 Å². The van der Waals surface area contributed by atoms with E-state index in [2.05, 4.69) is 0 Å². The molecule has 0 saturated heterocycles. The lowest BCUT2D eigenvalue weighted by Crippen LogP contribution is -2.35. The van der Waals surface area contributed by atoms with Gasteiger partial charge in [0.1, 0.15) is 6.17 Å². The average Bonchev–Trinajstić information content (AvgIpc) is 2.35. The van der Waals surface area contributed by atoms with E-state index >= 15 is 0 Å². The Bertz CT molecular complexity index is 295. The minimum Gasteiger partial charge on any atom is -0.247 e. The van der Waals surface area contributed by atoms with E-state index in [1.54, 1.807) is 0 Å². The van der Waals surface area contributed by atoms with Crippen LogP contribution in [0.15, 0.2) is 0 Å². The van der Waals surface area contributed by atoms with Crippen LogP contribution in [0, 0.1) is 11.3 Å². The van der Waals surface area contributed by atoms with Crippen molar-refractivity contribution in [3.8, 4) is 0 Å². The second-order valence-corrected chi connectivity index (χ2v) is 5.80. The molecule has 2 aliphatic rings. The summed E-state index contributed by atoms with van der Waals surface area (Å²) in [7, 11) is -3.35. The van der Waals surface area contributed by atoms with Gasteiger partial charge < -0.3 is 0 Å². The number of sulfonamides is 1. The zero-order valence-electron chi connectivity index (χ0n) is 6.66. The molecule has 1 atom stereocenters. The Morgan fingerprint density at radius 3 is 2.25 bits per heavy atom. The molecule has 2 N–H and O–H groups in total. The second kappa shape index (κ2) is 2.20. The molecule has 0 radical (unpaired) electrons.